The smallest absolute Gasteiger partial charge is 0.292 e. The molecule has 1 amide bonds. The molecule has 2 heterocycles. The summed E-state index contributed by atoms with van der Waals surface area (Å²) in [6.45, 7) is -0.433. The van der Waals surface area contributed by atoms with Crippen LogP contribution in [0.2, 0.25) is 5.02 Å². The maximum absolute atomic E-state index is 12.2. The van der Waals surface area contributed by atoms with Crippen molar-refractivity contribution < 1.29 is 9.72 Å². The number of hydrogen-bond acceptors (Lipinski definition) is 6. The molecule has 0 atom stereocenters. The van der Waals surface area contributed by atoms with Crippen molar-refractivity contribution in [2.75, 3.05) is 5.32 Å². The lowest BCUT2D eigenvalue weighted by Crippen LogP contribution is -2.30. The first-order valence-corrected chi connectivity index (χ1v) is 7.64. The number of nitrogens with zero attached hydrogens (tertiary/aromatic N) is 5. The number of benzene rings is 1. The van der Waals surface area contributed by atoms with Gasteiger partial charge in [0.05, 0.1) is 4.92 Å². The van der Waals surface area contributed by atoms with Crippen LogP contribution in [0.5, 0.6) is 0 Å². The number of carbonyl (C=O) groups excluding carboxylic acids is 1. The number of amides is 1. The molecular formula is C15H11ClN6O4. The quantitative estimate of drug-likeness (QED) is 0.534. The van der Waals surface area contributed by atoms with Crippen molar-refractivity contribution in [2.24, 2.45) is 0 Å². The van der Waals surface area contributed by atoms with Crippen LogP contribution >= 0.6 is 11.6 Å². The molecular weight excluding hydrogens is 364 g/mol. The van der Waals surface area contributed by atoms with Crippen LogP contribution in [0.15, 0.2) is 53.6 Å². The Bertz CT molecular complexity index is 1030. The van der Waals surface area contributed by atoms with Gasteiger partial charge in [0.15, 0.2) is 5.82 Å². The first-order valence-electron chi connectivity index (χ1n) is 7.26. The number of aromatic nitrogens is 4. The Balaban J connectivity index is 1.83. The van der Waals surface area contributed by atoms with Crippen molar-refractivity contribution in [2.45, 2.75) is 6.54 Å². The molecule has 0 aliphatic rings. The number of nitro groups is 1. The van der Waals surface area contributed by atoms with Crippen molar-refractivity contribution >= 4 is 28.9 Å². The molecule has 0 radical (unpaired) electrons. The minimum atomic E-state index is -0.664. The molecule has 1 N–H and O–H groups in total. The van der Waals surface area contributed by atoms with Gasteiger partial charge < -0.3 is 5.32 Å². The Hall–Kier alpha value is -3.53. The highest BCUT2D eigenvalue weighted by molar-refractivity contribution is 6.31. The van der Waals surface area contributed by atoms with E-state index < -0.39 is 22.9 Å². The summed E-state index contributed by atoms with van der Waals surface area (Å²) >= 11 is 5.82. The van der Waals surface area contributed by atoms with Crippen LogP contribution in [-0.4, -0.2) is 30.4 Å². The fourth-order valence-electron chi connectivity index (χ4n) is 2.17. The molecule has 0 saturated carbocycles. The van der Waals surface area contributed by atoms with Gasteiger partial charge in [0.25, 0.3) is 11.2 Å². The lowest BCUT2D eigenvalue weighted by atomic mass is 10.2. The highest BCUT2D eigenvalue weighted by Gasteiger charge is 2.17. The van der Waals surface area contributed by atoms with Crippen molar-refractivity contribution in [3.8, 4) is 5.82 Å². The van der Waals surface area contributed by atoms with Gasteiger partial charge in [0.2, 0.25) is 5.91 Å². The summed E-state index contributed by atoms with van der Waals surface area (Å²) < 4.78 is 2.36. The highest BCUT2D eigenvalue weighted by atomic mass is 35.5. The topological polar surface area (TPSA) is 125 Å². The van der Waals surface area contributed by atoms with Gasteiger partial charge in [-0.05, 0) is 24.3 Å². The summed E-state index contributed by atoms with van der Waals surface area (Å²) in [6.07, 6.45) is 3.18. The van der Waals surface area contributed by atoms with Crippen LogP contribution in [0, 0.1) is 10.1 Å². The second-order valence-corrected chi connectivity index (χ2v) is 5.54. The third-order valence-corrected chi connectivity index (χ3v) is 3.55. The van der Waals surface area contributed by atoms with Crippen LogP contribution < -0.4 is 10.9 Å². The van der Waals surface area contributed by atoms with Gasteiger partial charge in [0.1, 0.15) is 12.2 Å². The van der Waals surface area contributed by atoms with E-state index in [1.54, 1.807) is 18.5 Å². The summed E-state index contributed by atoms with van der Waals surface area (Å²) in [7, 11) is 0. The number of anilines is 1. The molecule has 26 heavy (non-hydrogen) atoms. The maximum atomic E-state index is 12.2. The van der Waals surface area contributed by atoms with Gasteiger partial charge in [0, 0.05) is 29.5 Å². The first kappa shape index (κ1) is 17.3. The average molecular weight is 375 g/mol. The summed E-state index contributed by atoms with van der Waals surface area (Å²) in [5, 5.41) is 21.7. The van der Waals surface area contributed by atoms with Crippen LogP contribution in [0.1, 0.15) is 0 Å². The zero-order chi connectivity index (χ0) is 18.7. The van der Waals surface area contributed by atoms with Crippen molar-refractivity contribution in [3.05, 3.63) is 74.3 Å². The summed E-state index contributed by atoms with van der Waals surface area (Å²) in [5.74, 6) is -0.321. The zero-order valence-corrected chi connectivity index (χ0v) is 13.8. The SMILES string of the molecule is O=C(Cn1nc(-n2cccn2)ccc1=O)Nc1cc(Cl)ccc1[N+](=O)[O-]. The number of carbonyl (C=O) groups is 1. The van der Waals surface area contributed by atoms with Crippen molar-refractivity contribution in [1.29, 1.82) is 0 Å². The van der Waals surface area contributed by atoms with E-state index in [1.807, 2.05) is 0 Å². The lowest BCUT2D eigenvalue weighted by molar-refractivity contribution is -0.383. The Labute approximate surface area is 150 Å². The molecule has 0 unspecified atom stereocenters. The molecule has 0 spiro atoms. The van der Waals surface area contributed by atoms with Crippen LogP contribution in [0.25, 0.3) is 5.82 Å². The Morgan fingerprint density at radius 3 is 2.81 bits per heavy atom. The van der Waals surface area contributed by atoms with Crippen LogP contribution in [0.3, 0.4) is 0 Å². The highest BCUT2D eigenvalue weighted by Crippen LogP contribution is 2.27. The Morgan fingerprint density at radius 2 is 2.12 bits per heavy atom. The van der Waals surface area contributed by atoms with E-state index in [4.69, 9.17) is 11.6 Å². The monoisotopic (exact) mass is 374 g/mol. The molecule has 0 aliphatic carbocycles. The summed E-state index contributed by atoms with van der Waals surface area (Å²) in [5.41, 5.74) is -0.881. The van der Waals surface area contributed by atoms with Gasteiger partial charge in [-0.3, -0.25) is 19.7 Å². The van der Waals surface area contributed by atoms with E-state index in [0.717, 1.165) is 4.68 Å². The molecule has 2 aromatic heterocycles. The van der Waals surface area contributed by atoms with Gasteiger partial charge in [-0.1, -0.05) is 11.6 Å². The van der Waals surface area contributed by atoms with Crippen molar-refractivity contribution in [1.82, 2.24) is 19.6 Å². The predicted molar refractivity (Wildman–Crippen MR) is 92.4 cm³/mol. The van der Waals surface area contributed by atoms with Crippen LogP contribution in [-0.2, 0) is 11.3 Å². The molecule has 3 aromatic rings. The second kappa shape index (κ2) is 7.15. The van der Waals surface area contributed by atoms with E-state index in [9.17, 15) is 19.7 Å². The Kier molecular flexibility index (Phi) is 4.76. The van der Waals surface area contributed by atoms with E-state index in [2.05, 4.69) is 15.5 Å². The standard InChI is InChI=1S/C15H11ClN6O4/c16-10-2-3-12(22(25)26)11(8-10)18-14(23)9-21-15(24)5-4-13(19-21)20-7-1-6-17-20/h1-8H,9H2,(H,18,23). The van der Waals surface area contributed by atoms with E-state index in [0.29, 0.717) is 5.82 Å². The molecule has 0 saturated heterocycles. The number of rotatable bonds is 5. The van der Waals surface area contributed by atoms with Gasteiger partial charge in [-0.2, -0.15) is 5.10 Å². The minimum absolute atomic E-state index is 0.0659. The summed E-state index contributed by atoms with van der Waals surface area (Å²) in [4.78, 5) is 34.5. The minimum Gasteiger partial charge on any atom is -0.319 e. The predicted octanol–water partition coefficient (Wildman–Crippen LogP) is 1.63. The fraction of sp³-hybridized carbons (Fsp3) is 0.0667. The zero-order valence-electron chi connectivity index (χ0n) is 13.1. The molecule has 0 bridgehead atoms. The normalized spacial score (nSPS) is 10.5. The molecule has 0 aliphatic heterocycles. The number of halogens is 1. The summed E-state index contributed by atoms with van der Waals surface area (Å²) in [6, 6.07) is 8.18. The van der Waals surface area contributed by atoms with E-state index in [1.165, 1.54) is 35.0 Å². The molecule has 0 fully saturated rings. The maximum Gasteiger partial charge on any atom is 0.292 e. The van der Waals surface area contributed by atoms with E-state index in [-0.39, 0.29) is 16.4 Å². The molecule has 132 valence electrons. The largest absolute Gasteiger partial charge is 0.319 e. The third-order valence-electron chi connectivity index (χ3n) is 3.31. The average Bonchev–Trinajstić information content (AvgIpc) is 3.11. The molecule has 3 rings (SSSR count). The third kappa shape index (κ3) is 3.75. The fourth-order valence-corrected chi connectivity index (χ4v) is 2.34. The van der Waals surface area contributed by atoms with Gasteiger partial charge >= 0.3 is 0 Å². The number of nitrogens with one attached hydrogen (secondary N) is 1. The second-order valence-electron chi connectivity index (χ2n) is 5.10. The van der Waals surface area contributed by atoms with Gasteiger partial charge in [-0.15, -0.1) is 5.10 Å². The van der Waals surface area contributed by atoms with Gasteiger partial charge in [-0.25, -0.2) is 9.36 Å². The van der Waals surface area contributed by atoms with Crippen LogP contribution in [0.4, 0.5) is 11.4 Å². The number of hydrogen-bond donors (Lipinski definition) is 1. The molecule has 1 aromatic carbocycles. The Morgan fingerprint density at radius 1 is 1.31 bits per heavy atom. The number of nitro benzene ring substituents is 1. The van der Waals surface area contributed by atoms with Crippen molar-refractivity contribution in [3.63, 3.8) is 0 Å². The molecule has 10 nitrogen and oxygen atoms in total. The first-order chi connectivity index (χ1) is 12.4. The van der Waals surface area contributed by atoms with E-state index >= 15 is 0 Å². The molecule has 11 heteroatoms. The lowest BCUT2D eigenvalue weighted by Gasteiger charge is -2.09.